The maximum absolute atomic E-state index is 10.9. The van der Waals surface area contributed by atoms with Gasteiger partial charge in [0.2, 0.25) is 0 Å². The summed E-state index contributed by atoms with van der Waals surface area (Å²) >= 11 is 5.45. The first kappa shape index (κ1) is 9.07. The molecule has 1 fully saturated rings. The standard InChI is InChI=1S/C10H14ClNO/c11-10(13)12-6-5-8-3-1-2-4-9(8)7-12/h4,8H,1-3,5-7H2. The summed E-state index contributed by atoms with van der Waals surface area (Å²) in [7, 11) is 0. The van der Waals surface area contributed by atoms with E-state index in [0.29, 0.717) is 0 Å². The number of halogens is 1. The van der Waals surface area contributed by atoms with E-state index in [4.69, 9.17) is 11.6 Å². The average Bonchev–Trinajstić information content (AvgIpc) is 2.17. The van der Waals surface area contributed by atoms with Gasteiger partial charge in [-0.25, -0.2) is 0 Å². The summed E-state index contributed by atoms with van der Waals surface area (Å²) < 4.78 is 0. The molecular weight excluding hydrogens is 186 g/mol. The maximum Gasteiger partial charge on any atom is 0.316 e. The van der Waals surface area contributed by atoms with Crippen molar-refractivity contribution in [2.75, 3.05) is 13.1 Å². The third-order valence-electron chi connectivity index (χ3n) is 3.06. The van der Waals surface area contributed by atoms with Crippen LogP contribution >= 0.6 is 11.6 Å². The largest absolute Gasteiger partial charge is 0.325 e. The van der Waals surface area contributed by atoms with Gasteiger partial charge in [-0.2, -0.15) is 0 Å². The average molecular weight is 200 g/mol. The zero-order valence-electron chi connectivity index (χ0n) is 7.63. The van der Waals surface area contributed by atoms with Crippen LogP contribution < -0.4 is 0 Å². The number of hydrogen-bond acceptors (Lipinski definition) is 1. The summed E-state index contributed by atoms with van der Waals surface area (Å²) in [6.45, 7) is 1.61. The predicted octanol–water partition coefficient (Wildman–Crippen LogP) is 2.78. The highest BCUT2D eigenvalue weighted by atomic mass is 35.5. The van der Waals surface area contributed by atoms with Crippen LogP contribution in [-0.2, 0) is 0 Å². The first-order valence-corrected chi connectivity index (χ1v) is 5.28. The highest BCUT2D eigenvalue weighted by Gasteiger charge is 2.26. The van der Waals surface area contributed by atoms with E-state index in [-0.39, 0.29) is 5.37 Å². The molecule has 2 aliphatic rings. The lowest BCUT2D eigenvalue weighted by atomic mass is 9.83. The molecule has 2 rings (SSSR count). The minimum absolute atomic E-state index is 0.301. The van der Waals surface area contributed by atoms with E-state index < -0.39 is 0 Å². The summed E-state index contributed by atoms with van der Waals surface area (Å²) in [4.78, 5) is 12.7. The van der Waals surface area contributed by atoms with Gasteiger partial charge in [0.1, 0.15) is 0 Å². The van der Waals surface area contributed by atoms with Gasteiger partial charge in [0, 0.05) is 13.1 Å². The van der Waals surface area contributed by atoms with Gasteiger partial charge < -0.3 is 4.90 Å². The summed E-state index contributed by atoms with van der Waals surface area (Å²) in [6.07, 6.45) is 7.18. The van der Waals surface area contributed by atoms with Crippen LogP contribution in [0.15, 0.2) is 11.6 Å². The molecule has 1 amide bonds. The molecule has 0 spiro atoms. The fourth-order valence-electron chi connectivity index (χ4n) is 2.29. The van der Waals surface area contributed by atoms with Crippen molar-refractivity contribution in [3.63, 3.8) is 0 Å². The van der Waals surface area contributed by atoms with Gasteiger partial charge in [0.05, 0.1) is 0 Å². The van der Waals surface area contributed by atoms with Gasteiger partial charge in [0.25, 0.3) is 0 Å². The second-order valence-electron chi connectivity index (χ2n) is 3.87. The third kappa shape index (κ3) is 1.88. The molecule has 1 saturated heterocycles. The Morgan fingerprint density at radius 1 is 1.54 bits per heavy atom. The van der Waals surface area contributed by atoms with Gasteiger partial charge >= 0.3 is 5.37 Å². The topological polar surface area (TPSA) is 20.3 Å². The lowest BCUT2D eigenvalue weighted by Gasteiger charge is -2.35. The Hall–Kier alpha value is -0.500. The fourth-order valence-corrected chi connectivity index (χ4v) is 2.43. The van der Waals surface area contributed by atoms with E-state index >= 15 is 0 Å². The molecule has 0 aromatic heterocycles. The molecule has 0 saturated carbocycles. The molecule has 1 atom stereocenters. The van der Waals surface area contributed by atoms with Gasteiger partial charge in [-0.15, -0.1) is 0 Å². The van der Waals surface area contributed by atoms with Crippen molar-refractivity contribution >= 4 is 17.0 Å². The zero-order chi connectivity index (χ0) is 9.26. The van der Waals surface area contributed by atoms with Crippen LogP contribution in [0.2, 0.25) is 0 Å². The molecule has 72 valence electrons. The third-order valence-corrected chi connectivity index (χ3v) is 3.30. The zero-order valence-corrected chi connectivity index (χ0v) is 8.39. The molecule has 3 heteroatoms. The highest BCUT2D eigenvalue weighted by molar-refractivity contribution is 6.62. The van der Waals surface area contributed by atoms with Gasteiger partial charge in [-0.05, 0) is 43.2 Å². The van der Waals surface area contributed by atoms with Crippen molar-refractivity contribution in [2.24, 2.45) is 5.92 Å². The van der Waals surface area contributed by atoms with Crippen molar-refractivity contribution in [1.82, 2.24) is 4.90 Å². The molecule has 1 aliphatic heterocycles. The quantitative estimate of drug-likeness (QED) is 0.334. The van der Waals surface area contributed by atoms with E-state index in [0.717, 1.165) is 25.4 Å². The highest BCUT2D eigenvalue weighted by Crippen LogP contribution is 2.32. The number of nitrogens with zero attached hydrogens (tertiary/aromatic N) is 1. The summed E-state index contributed by atoms with van der Waals surface area (Å²) in [6, 6.07) is 0. The summed E-state index contributed by atoms with van der Waals surface area (Å²) in [5.74, 6) is 0.737. The number of carbonyl (C=O) groups excluding carboxylic acids is 1. The molecule has 0 aromatic carbocycles. The Morgan fingerprint density at radius 2 is 2.38 bits per heavy atom. The Bertz CT molecular complexity index is 249. The summed E-state index contributed by atoms with van der Waals surface area (Å²) in [5, 5.41) is -0.301. The Labute approximate surface area is 83.5 Å². The van der Waals surface area contributed by atoms with Crippen LogP contribution in [0.4, 0.5) is 4.79 Å². The van der Waals surface area contributed by atoms with Crippen molar-refractivity contribution in [2.45, 2.75) is 25.7 Å². The molecule has 0 N–H and O–H groups in total. The Balaban J connectivity index is 2.06. The molecule has 13 heavy (non-hydrogen) atoms. The fraction of sp³-hybridized carbons (Fsp3) is 0.700. The lowest BCUT2D eigenvalue weighted by Crippen LogP contribution is -2.37. The summed E-state index contributed by atoms with van der Waals surface area (Å²) in [5.41, 5.74) is 1.44. The lowest BCUT2D eigenvalue weighted by molar-refractivity contribution is 0.208. The van der Waals surface area contributed by atoms with E-state index in [2.05, 4.69) is 6.08 Å². The number of rotatable bonds is 0. The van der Waals surface area contributed by atoms with Crippen molar-refractivity contribution in [3.8, 4) is 0 Å². The van der Waals surface area contributed by atoms with Crippen LogP contribution in [0.1, 0.15) is 25.7 Å². The van der Waals surface area contributed by atoms with Gasteiger partial charge in [0.15, 0.2) is 0 Å². The van der Waals surface area contributed by atoms with Crippen LogP contribution in [-0.4, -0.2) is 23.4 Å². The second kappa shape index (κ2) is 3.70. The molecule has 1 unspecified atom stereocenters. The number of allylic oxidation sites excluding steroid dienone is 1. The van der Waals surface area contributed by atoms with Gasteiger partial charge in [-0.3, -0.25) is 4.79 Å². The molecule has 1 aliphatic carbocycles. The minimum atomic E-state index is -0.301. The van der Waals surface area contributed by atoms with Gasteiger partial charge in [-0.1, -0.05) is 11.6 Å². The van der Waals surface area contributed by atoms with Crippen LogP contribution in [0.3, 0.4) is 0 Å². The number of fused-ring (bicyclic) bond motifs is 1. The number of piperidine rings is 1. The number of carbonyl (C=O) groups is 1. The molecular formula is C10H14ClNO. The minimum Gasteiger partial charge on any atom is -0.325 e. The van der Waals surface area contributed by atoms with Crippen molar-refractivity contribution in [1.29, 1.82) is 0 Å². The van der Waals surface area contributed by atoms with Crippen LogP contribution in [0.5, 0.6) is 0 Å². The van der Waals surface area contributed by atoms with Crippen LogP contribution in [0, 0.1) is 5.92 Å². The monoisotopic (exact) mass is 199 g/mol. The molecule has 0 bridgehead atoms. The number of amides is 1. The number of hydrogen-bond donors (Lipinski definition) is 0. The molecule has 2 nitrogen and oxygen atoms in total. The van der Waals surface area contributed by atoms with Crippen LogP contribution in [0.25, 0.3) is 0 Å². The Morgan fingerprint density at radius 3 is 3.15 bits per heavy atom. The SMILES string of the molecule is O=C(Cl)N1CCC2CCCC=C2C1. The second-order valence-corrected chi connectivity index (χ2v) is 4.19. The smallest absolute Gasteiger partial charge is 0.316 e. The number of likely N-dealkylation sites (tertiary alicyclic amines) is 1. The van der Waals surface area contributed by atoms with Crippen molar-refractivity contribution < 1.29 is 4.79 Å². The van der Waals surface area contributed by atoms with E-state index in [1.807, 2.05) is 0 Å². The van der Waals surface area contributed by atoms with Crippen molar-refractivity contribution in [3.05, 3.63) is 11.6 Å². The maximum atomic E-state index is 10.9. The Kier molecular flexibility index (Phi) is 2.58. The van der Waals surface area contributed by atoms with E-state index in [9.17, 15) is 4.79 Å². The molecule has 0 aromatic rings. The predicted molar refractivity (Wildman–Crippen MR) is 52.9 cm³/mol. The molecule has 1 heterocycles. The first-order valence-electron chi connectivity index (χ1n) is 4.90. The molecule has 0 radical (unpaired) electrons. The van der Waals surface area contributed by atoms with E-state index in [1.165, 1.54) is 24.8 Å². The normalized spacial score (nSPS) is 27.9. The van der Waals surface area contributed by atoms with E-state index in [1.54, 1.807) is 4.90 Å². The first-order chi connectivity index (χ1) is 6.27.